The van der Waals surface area contributed by atoms with Crippen molar-refractivity contribution < 1.29 is 40.3 Å². The molecule has 2 amide bonds. The normalized spacial score (nSPS) is 16.9. The summed E-state index contributed by atoms with van der Waals surface area (Å²) in [6.07, 6.45) is -8.14. The second-order valence-corrected chi connectivity index (χ2v) is 8.59. The summed E-state index contributed by atoms with van der Waals surface area (Å²) in [7, 11) is 0. The third kappa shape index (κ3) is 5.73. The third-order valence-corrected chi connectivity index (χ3v) is 6.07. The van der Waals surface area contributed by atoms with Crippen LogP contribution in [0.2, 0.25) is 0 Å². The first-order valence-electron chi connectivity index (χ1n) is 11.3. The van der Waals surface area contributed by atoms with Gasteiger partial charge in [0, 0.05) is 17.4 Å². The van der Waals surface area contributed by atoms with Gasteiger partial charge in [0.15, 0.2) is 5.76 Å². The minimum absolute atomic E-state index is 0.0198. The zero-order chi connectivity index (χ0) is 26.6. The molecule has 196 valence electrons. The molecule has 1 saturated carbocycles. The molecule has 0 radical (unpaired) electrons. The van der Waals surface area contributed by atoms with Gasteiger partial charge in [0.2, 0.25) is 11.4 Å². The Hall–Kier alpha value is -3.31. The average molecular weight is 517 g/mol. The van der Waals surface area contributed by atoms with E-state index in [1.54, 1.807) is 6.07 Å². The van der Waals surface area contributed by atoms with Crippen molar-refractivity contribution in [3.63, 3.8) is 0 Å². The lowest BCUT2D eigenvalue weighted by atomic mass is 9.77. The highest BCUT2D eigenvalue weighted by atomic mass is 19.4. The van der Waals surface area contributed by atoms with Gasteiger partial charge in [0.1, 0.15) is 5.92 Å². The fraction of sp³-hybridized carbons (Fsp3) is 0.458. The van der Waals surface area contributed by atoms with Gasteiger partial charge >= 0.3 is 12.4 Å². The van der Waals surface area contributed by atoms with E-state index in [1.807, 2.05) is 0 Å². The summed E-state index contributed by atoms with van der Waals surface area (Å²) >= 11 is 0. The predicted octanol–water partition coefficient (Wildman–Crippen LogP) is 5.92. The molecule has 2 N–H and O–H groups in total. The van der Waals surface area contributed by atoms with Crippen LogP contribution in [0.25, 0.3) is 0 Å². The molecular weight excluding hydrogens is 492 g/mol. The minimum Gasteiger partial charge on any atom is -0.459 e. The monoisotopic (exact) mass is 517 g/mol. The zero-order valence-electron chi connectivity index (χ0n) is 19.2. The number of carbonyl (C=O) groups is 2. The molecule has 0 spiro atoms. The van der Waals surface area contributed by atoms with Crippen molar-refractivity contribution in [1.82, 2.24) is 5.32 Å². The van der Waals surface area contributed by atoms with E-state index < -0.39 is 53.1 Å². The molecule has 1 aliphatic carbocycles. The molecule has 1 aromatic carbocycles. The molecule has 12 heteroatoms. The minimum atomic E-state index is -6.14. The highest BCUT2D eigenvalue weighted by molar-refractivity contribution is 6.10. The number of halogens is 6. The number of nitrogens with zero attached hydrogens (tertiary/aromatic N) is 1. The van der Waals surface area contributed by atoms with Crippen molar-refractivity contribution >= 4 is 23.2 Å². The van der Waals surface area contributed by atoms with Crippen LogP contribution in [0, 0.1) is 5.92 Å². The number of hydrogen-bond donors (Lipinski definition) is 2. The van der Waals surface area contributed by atoms with Crippen LogP contribution in [0.3, 0.4) is 0 Å². The summed E-state index contributed by atoms with van der Waals surface area (Å²) in [6.45, 7) is 0.953. The lowest BCUT2D eigenvalue weighted by Gasteiger charge is -2.42. The molecule has 1 aliphatic rings. The van der Waals surface area contributed by atoms with Crippen LogP contribution in [-0.4, -0.2) is 41.5 Å². The van der Waals surface area contributed by atoms with Gasteiger partial charge in [-0.05, 0) is 44.0 Å². The Morgan fingerprint density at radius 3 is 2.08 bits per heavy atom. The van der Waals surface area contributed by atoms with E-state index in [0.29, 0.717) is 25.7 Å². The number of benzene rings is 1. The lowest BCUT2D eigenvalue weighted by Crippen LogP contribution is -2.74. The van der Waals surface area contributed by atoms with Crippen molar-refractivity contribution in [2.75, 3.05) is 5.32 Å². The van der Waals surface area contributed by atoms with E-state index in [2.05, 4.69) is 10.3 Å². The van der Waals surface area contributed by atoms with Gasteiger partial charge < -0.3 is 15.1 Å². The van der Waals surface area contributed by atoms with E-state index in [-0.39, 0.29) is 5.69 Å². The highest BCUT2D eigenvalue weighted by Crippen LogP contribution is 2.49. The number of hydrogen-bond acceptors (Lipinski definition) is 4. The summed E-state index contributed by atoms with van der Waals surface area (Å²) in [6, 6.07) is 8.59. The molecule has 1 heterocycles. The van der Waals surface area contributed by atoms with E-state index in [1.165, 1.54) is 24.3 Å². The predicted molar refractivity (Wildman–Crippen MR) is 120 cm³/mol. The average Bonchev–Trinajstić information content (AvgIpc) is 3.33. The Kier molecular flexibility index (Phi) is 8.15. The molecule has 3 rings (SSSR count). The molecule has 0 unspecified atom stereocenters. The molecule has 2 aromatic rings. The lowest BCUT2D eigenvalue weighted by molar-refractivity contribution is -0.310. The third-order valence-electron chi connectivity index (χ3n) is 6.07. The topological polar surface area (TPSA) is 83.7 Å². The number of anilines is 1. The van der Waals surface area contributed by atoms with Gasteiger partial charge in [-0.15, -0.1) is 0 Å². The summed E-state index contributed by atoms with van der Waals surface area (Å²) < 4.78 is 92.1. The zero-order valence-corrected chi connectivity index (χ0v) is 19.2. The maximum absolute atomic E-state index is 14.6. The van der Waals surface area contributed by atoms with Crippen molar-refractivity contribution in [1.29, 1.82) is 0 Å². The first kappa shape index (κ1) is 27.3. The second-order valence-electron chi connectivity index (χ2n) is 8.59. The Labute approximate surface area is 203 Å². The fourth-order valence-corrected chi connectivity index (χ4v) is 4.36. The molecule has 6 nitrogen and oxygen atoms in total. The van der Waals surface area contributed by atoms with Crippen molar-refractivity contribution in [3.8, 4) is 0 Å². The maximum Gasteiger partial charge on any atom is 0.421 e. The molecule has 0 bridgehead atoms. The molecule has 1 aromatic heterocycles. The largest absolute Gasteiger partial charge is 0.459 e. The Morgan fingerprint density at radius 1 is 0.944 bits per heavy atom. The number of aliphatic imine (C=N–C) groups is 1. The number of carbonyl (C=O) groups excluding carboxylic acids is 2. The number of furan rings is 1. The maximum atomic E-state index is 14.6. The number of amides is 2. The van der Waals surface area contributed by atoms with Crippen LogP contribution in [0.4, 0.5) is 32.0 Å². The van der Waals surface area contributed by atoms with Crippen LogP contribution in [0.5, 0.6) is 0 Å². The van der Waals surface area contributed by atoms with Crippen LogP contribution < -0.4 is 10.6 Å². The summed E-state index contributed by atoms with van der Waals surface area (Å²) in [4.78, 5) is 29.9. The van der Waals surface area contributed by atoms with E-state index in [0.717, 1.165) is 37.1 Å². The van der Waals surface area contributed by atoms with Crippen LogP contribution in [0.15, 0.2) is 58.1 Å². The van der Waals surface area contributed by atoms with Gasteiger partial charge in [0.05, 0.1) is 6.26 Å². The van der Waals surface area contributed by atoms with Crippen molar-refractivity contribution in [2.45, 2.75) is 63.0 Å². The van der Waals surface area contributed by atoms with E-state index in [9.17, 15) is 35.9 Å². The van der Waals surface area contributed by atoms with Gasteiger partial charge in [-0.3, -0.25) is 14.6 Å². The molecule has 1 fully saturated rings. The van der Waals surface area contributed by atoms with Gasteiger partial charge in [-0.2, -0.15) is 26.3 Å². The van der Waals surface area contributed by atoms with E-state index >= 15 is 0 Å². The smallest absolute Gasteiger partial charge is 0.421 e. The Balaban J connectivity index is 2.18. The number of para-hydroxylation sites is 1. The Morgan fingerprint density at radius 2 is 1.56 bits per heavy atom. The molecule has 1 atom stereocenters. The first-order valence-corrected chi connectivity index (χ1v) is 11.3. The summed E-state index contributed by atoms with van der Waals surface area (Å²) in [5.74, 6) is -7.14. The SMILES string of the molecule is CC(=NC1CCCCC1)[C@@H](C(=O)Nc1ccccc1)C(NC(=O)c1ccco1)(C(F)(F)F)C(F)(F)F. The molecule has 0 aliphatic heterocycles. The van der Waals surface area contributed by atoms with Gasteiger partial charge in [-0.25, -0.2) is 0 Å². The Bertz CT molecular complexity index is 1050. The second kappa shape index (κ2) is 10.8. The van der Waals surface area contributed by atoms with Gasteiger partial charge in [-0.1, -0.05) is 37.5 Å². The summed E-state index contributed by atoms with van der Waals surface area (Å²) in [5, 5.41) is 3.20. The number of nitrogens with one attached hydrogen (secondary N) is 2. The number of alkyl halides is 6. The van der Waals surface area contributed by atoms with Crippen molar-refractivity contribution in [2.24, 2.45) is 10.9 Å². The number of rotatable bonds is 7. The first-order chi connectivity index (χ1) is 16.9. The highest BCUT2D eigenvalue weighted by Gasteiger charge is 2.77. The molecule has 0 saturated heterocycles. The molecule has 36 heavy (non-hydrogen) atoms. The van der Waals surface area contributed by atoms with E-state index in [4.69, 9.17) is 4.42 Å². The van der Waals surface area contributed by atoms with Crippen LogP contribution in [-0.2, 0) is 4.79 Å². The fourth-order valence-electron chi connectivity index (χ4n) is 4.36. The van der Waals surface area contributed by atoms with Crippen LogP contribution >= 0.6 is 0 Å². The molecular formula is C24H25F6N3O3. The van der Waals surface area contributed by atoms with Crippen LogP contribution in [0.1, 0.15) is 49.6 Å². The quantitative estimate of drug-likeness (QED) is 0.353. The summed E-state index contributed by atoms with van der Waals surface area (Å²) in [5.41, 5.74) is -5.70. The van der Waals surface area contributed by atoms with Crippen molar-refractivity contribution in [3.05, 3.63) is 54.5 Å². The standard InChI is InChI=1S/C24H25F6N3O3/c1-15(31-16-9-4-2-5-10-16)19(21(35)32-17-11-6-3-7-12-17)22(23(25,26)27,24(28,29)30)33-20(34)18-13-8-14-36-18/h3,6-8,11-14,16,19H,2,4-5,9-10H2,1H3,(H,32,35)(H,33,34)/t19-/m0/s1. The van der Waals surface area contributed by atoms with Gasteiger partial charge in [0.25, 0.3) is 5.91 Å².